The first-order chi connectivity index (χ1) is 19.7. The standard InChI is InChI=1S/C32H29F2N5OS/c1-19(40)29-7-8-30(41-29)23-3-2-4-27-24(23)15-28(38-27)31(36)25-14-21(5-6-26(25)35)22-13-20(9-11-37-16-22)17-39-12-10-32(33,34)18-39/h2-9,11,13-16,36-38H,10,12,17-18,35H2,1H3. The number of nitrogens with one attached hydrogen (secondary N) is 3. The number of fused-ring (bicyclic) bond motifs is 1. The summed E-state index contributed by atoms with van der Waals surface area (Å²) in [5.74, 6) is -2.60. The monoisotopic (exact) mass is 569 g/mol. The van der Waals surface area contributed by atoms with E-state index >= 15 is 0 Å². The molecular weight excluding hydrogens is 540 g/mol. The number of ketones is 1. The molecule has 1 saturated heterocycles. The molecule has 9 heteroatoms. The van der Waals surface area contributed by atoms with Crippen molar-refractivity contribution in [3.8, 4) is 10.4 Å². The third kappa shape index (κ3) is 5.51. The van der Waals surface area contributed by atoms with Crippen LogP contribution in [0.4, 0.5) is 14.5 Å². The number of nitrogens with zero attached hydrogens (tertiary/aromatic N) is 1. The van der Waals surface area contributed by atoms with Crippen LogP contribution < -0.4 is 11.1 Å². The van der Waals surface area contributed by atoms with Gasteiger partial charge >= 0.3 is 0 Å². The Hall–Kier alpha value is -4.34. The smallest absolute Gasteiger partial charge is 0.261 e. The van der Waals surface area contributed by atoms with Crippen molar-refractivity contribution >= 4 is 45.0 Å². The van der Waals surface area contributed by atoms with Gasteiger partial charge in [-0.3, -0.25) is 15.1 Å². The maximum atomic E-state index is 13.7. The van der Waals surface area contributed by atoms with Crippen molar-refractivity contribution in [1.29, 1.82) is 5.41 Å². The number of hydrogen-bond acceptors (Lipinski definition) is 6. The van der Waals surface area contributed by atoms with Crippen molar-refractivity contribution in [1.82, 2.24) is 15.2 Å². The second-order valence-corrected chi connectivity index (χ2v) is 11.6. The summed E-state index contributed by atoms with van der Waals surface area (Å²) in [5, 5.41) is 13.2. The van der Waals surface area contributed by atoms with E-state index in [-0.39, 0.29) is 24.5 Å². The van der Waals surface area contributed by atoms with E-state index in [1.165, 1.54) is 11.3 Å². The molecule has 0 saturated carbocycles. The van der Waals surface area contributed by atoms with Gasteiger partial charge in [0.2, 0.25) is 0 Å². The summed E-state index contributed by atoms with van der Waals surface area (Å²) in [7, 11) is 0. The quantitative estimate of drug-likeness (QED) is 0.112. The van der Waals surface area contributed by atoms with Gasteiger partial charge < -0.3 is 16.0 Å². The lowest BCUT2D eigenvalue weighted by atomic mass is 9.97. The van der Waals surface area contributed by atoms with E-state index < -0.39 is 5.92 Å². The van der Waals surface area contributed by atoms with E-state index in [2.05, 4.69) is 10.3 Å². The van der Waals surface area contributed by atoms with E-state index in [1.807, 2.05) is 66.9 Å². The van der Waals surface area contributed by atoms with Gasteiger partial charge in [0, 0.05) is 64.5 Å². The van der Waals surface area contributed by atoms with Crippen LogP contribution in [-0.2, 0) is 0 Å². The fourth-order valence-corrected chi connectivity index (χ4v) is 6.26. The van der Waals surface area contributed by atoms with Crippen molar-refractivity contribution in [2.45, 2.75) is 19.3 Å². The van der Waals surface area contributed by atoms with Crippen LogP contribution in [-0.4, -0.2) is 46.9 Å². The average molecular weight is 570 g/mol. The number of hydrogen-bond donors (Lipinski definition) is 4. The molecule has 2 aromatic carbocycles. The lowest BCUT2D eigenvalue weighted by Gasteiger charge is -2.16. The Balaban J connectivity index is 1.30. The van der Waals surface area contributed by atoms with Gasteiger partial charge in [-0.05, 0) is 72.2 Å². The van der Waals surface area contributed by atoms with Crippen LogP contribution in [0.25, 0.3) is 26.9 Å². The van der Waals surface area contributed by atoms with Gasteiger partial charge in [-0.1, -0.05) is 18.2 Å². The van der Waals surface area contributed by atoms with Crippen LogP contribution >= 0.6 is 11.3 Å². The number of anilines is 1. The van der Waals surface area contributed by atoms with E-state index in [0.717, 1.165) is 38.1 Å². The molecule has 4 heterocycles. The number of aromatic nitrogens is 1. The molecule has 2 aliphatic heterocycles. The summed E-state index contributed by atoms with van der Waals surface area (Å²) in [5.41, 5.74) is 12.8. The molecule has 0 bridgehead atoms. The van der Waals surface area contributed by atoms with Gasteiger partial charge in [-0.2, -0.15) is 0 Å². The number of carbonyl (C=O) groups is 1. The number of thiophene rings is 1. The summed E-state index contributed by atoms with van der Waals surface area (Å²) in [6.45, 7) is 2.13. The Morgan fingerprint density at radius 1 is 1.17 bits per heavy atom. The first-order valence-electron chi connectivity index (χ1n) is 13.3. The molecule has 6 rings (SSSR count). The van der Waals surface area contributed by atoms with E-state index in [9.17, 15) is 13.6 Å². The van der Waals surface area contributed by atoms with Crippen LogP contribution in [0, 0.1) is 5.41 Å². The van der Waals surface area contributed by atoms with Gasteiger partial charge in [0.1, 0.15) is 0 Å². The van der Waals surface area contributed by atoms with Gasteiger partial charge in [-0.25, -0.2) is 8.78 Å². The fourth-order valence-electron chi connectivity index (χ4n) is 5.32. The third-order valence-electron chi connectivity index (χ3n) is 7.44. The number of H-pyrrole nitrogens is 1. The molecule has 208 valence electrons. The van der Waals surface area contributed by atoms with Crippen molar-refractivity contribution in [2.24, 2.45) is 0 Å². The molecule has 2 aliphatic rings. The second kappa shape index (κ2) is 10.6. The lowest BCUT2D eigenvalue weighted by molar-refractivity contribution is 0.0131. The molecule has 0 aliphatic carbocycles. The number of allylic oxidation sites excluding steroid dienone is 2. The van der Waals surface area contributed by atoms with Crippen LogP contribution in [0.2, 0.25) is 0 Å². The highest BCUT2D eigenvalue weighted by Gasteiger charge is 2.38. The number of nitrogen functional groups attached to an aromatic ring is 1. The number of rotatable bonds is 7. The first-order valence-corrected chi connectivity index (χ1v) is 14.1. The Kier molecular flexibility index (Phi) is 6.93. The molecular formula is C32H29F2N5OS. The Morgan fingerprint density at radius 2 is 2.02 bits per heavy atom. The predicted molar refractivity (Wildman–Crippen MR) is 163 cm³/mol. The Labute approximate surface area is 240 Å². The van der Waals surface area contributed by atoms with Crippen molar-refractivity contribution in [3.63, 3.8) is 0 Å². The largest absolute Gasteiger partial charge is 0.398 e. The van der Waals surface area contributed by atoms with Crippen LogP contribution in [0.1, 0.15) is 39.8 Å². The number of alkyl halides is 2. The molecule has 0 radical (unpaired) electrons. The maximum Gasteiger partial charge on any atom is 0.261 e. The first kappa shape index (κ1) is 26.9. The minimum Gasteiger partial charge on any atom is -0.398 e. The minimum atomic E-state index is -2.64. The lowest BCUT2D eigenvalue weighted by Crippen LogP contribution is -2.26. The summed E-state index contributed by atoms with van der Waals surface area (Å²) >= 11 is 1.45. The molecule has 0 amide bonds. The van der Waals surface area contributed by atoms with Gasteiger partial charge in [0.15, 0.2) is 5.78 Å². The summed E-state index contributed by atoms with van der Waals surface area (Å²) < 4.78 is 27.5. The normalized spacial score (nSPS) is 16.8. The van der Waals surface area contributed by atoms with Crippen LogP contribution in [0.15, 0.2) is 84.7 Å². The highest BCUT2D eigenvalue weighted by atomic mass is 32.1. The number of halogens is 2. The number of nitrogens with two attached hydrogens (primary N) is 1. The number of aromatic amines is 1. The number of Topliss-reactive ketones (excluding diaryl/α,β-unsaturated/α-hetero) is 1. The zero-order valence-electron chi connectivity index (χ0n) is 22.4. The SMILES string of the molecule is CC(=O)c1ccc(-c2cccc3[nH]c(C(=N)c4cc(C5=CNC=CC(CN6CCC(F)(F)C6)=C5)ccc4N)cc23)s1. The zero-order valence-corrected chi connectivity index (χ0v) is 23.2. The Bertz CT molecular complexity index is 1780. The second-order valence-electron chi connectivity index (χ2n) is 10.5. The number of likely N-dealkylation sites (tertiary alicyclic amines) is 1. The molecule has 1 fully saturated rings. The van der Waals surface area contributed by atoms with Gasteiger partial charge in [-0.15, -0.1) is 11.3 Å². The molecule has 0 atom stereocenters. The minimum absolute atomic E-state index is 0.0367. The topological polar surface area (TPSA) is 98.0 Å². The van der Waals surface area contributed by atoms with Crippen molar-refractivity contribution < 1.29 is 13.6 Å². The fraction of sp³-hybridized carbons (Fsp3) is 0.188. The summed E-state index contributed by atoms with van der Waals surface area (Å²) in [6, 6.07) is 17.3. The molecule has 6 nitrogen and oxygen atoms in total. The molecule has 0 spiro atoms. The van der Waals surface area contributed by atoms with Crippen molar-refractivity contribution in [2.75, 3.05) is 25.4 Å². The highest BCUT2D eigenvalue weighted by molar-refractivity contribution is 7.17. The molecule has 5 N–H and O–H groups in total. The zero-order chi connectivity index (χ0) is 28.7. The van der Waals surface area contributed by atoms with Crippen LogP contribution in [0.5, 0.6) is 0 Å². The molecule has 4 aromatic rings. The number of benzene rings is 2. The maximum absolute atomic E-state index is 13.7. The molecule has 0 unspecified atom stereocenters. The van der Waals surface area contributed by atoms with E-state index in [1.54, 1.807) is 24.1 Å². The molecule has 2 aromatic heterocycles. The van der Waals surface area contributed by atoms with Gasteiger partial charge in [0.25, 0.3) is 5.92 Å². The van der Waals surface area contributed by atoms with Gasteiger partial charge in [0.05, 0.1) is 22.8 Å². The number of carbonyl (C=O) groups excluding carboxylic acids is 1. The summed E-state index contributed by atoms with van der Waals surface area (Å²) in [6.07, 6.45) is 7.41. The molecule has 41 heavy (non-hydrogen) atoms. The van der Waals surface area contributed by atoms with E-state index in [4.69, 9.17) is 11.1 Å². The highest BCUT2D eigenvalue weighted by Crippen LogP contribution is 2.35. The predicted octanol–water partition coefficient (Wildman–Crippen LogP) is 6.82. The van der Waals surface area contributed by atoms with E-state index in [0.29, 0.717) is 34.9 Å². The average Bonchev–Trinajstić information content (AvgIpc) is 3.64. The van der Waals surface area contributed by atoms with Crippen molar-refractivity contribution in [3.05, 3.63) is 106 Å². The van der Waals surface area contributed by atoms with Crippen LogP contribution in [0.3, 0.4) is 0 Å². The Morgan fingerprint density at radius 3 is 2.78 bits per heavy atom. The summed E-state index contributed by atoms with van der Waals surface area (Å²) in [4.78, 5) is 18.7. The third-order valence-corrected chi connectivity index (χ3v) is 8.66.